The van der Waals surface area contributed by atoms with E-state index in [0.29, 0.717) is 11.1 Å². The van der Waals surface area contributed by atoms with Crippen LogP contribution in [0.5, 0.6) is 0 Å². The van der Waals surface area contributed by atoms with E-state index in [1.165, 1.54) is 20.2 Å². The lowest BCUT2D eigenvalue weighted by molar-refractivity contribution is 0.0992. The molecular weight excluding hydrogens is 372 g/mol. The zero-order valence-corrected chi connectivity index (χ0v) is 17.5. The second-order valence-corrected chi connectivity index (χ2v) is 9.22. The maximum absolute atomic E-state index is 13.1. The zero-order valence-electron chi connectivity index (χ0n) is 16.7. The molecule has 0 saturated heterocycles. The van der Waals surface area contributed by atoms with Crippen molar-refractivity contribution in [2.45, 2.75) is 18.7 Å². The standard InChI is InChI=1S/C22H24N2O3S/c1-15-12-19(14-21(16(15)2)28(26,27)23(3)4)22(25)24(5)20-11-10-17-8-6-7-9-18(17)13-20/h6-14H,1-5H3. The van der Waals surface area contributed by atoms with Crippen LogP contribution in [0.15, 0.2) is 59.5 Å². The molecule has 0 atom stereocenters. The first-order chi connectivity index (χ1) is 13.1. The molecule has 28 heavy (non-hydrogen) atoms. The Labute approximate surface area is 166 Å². The van der Waals surface area contributed by atoms with Crippen molar-refractivity contribution in [3.05, 3.63) is 71.3 Å². The Balaban J connectivity index is 2.05. The van der Waals surface area contributed by atoms with Crippen molar-refractivity contribution in [2.24, 2.45) is 0 Å². The van der Waals surface area contributed by atoms with Crippen LogP contribution in [-0.4, -0.2) is 39.8 Å². The monoisotopic (exact) mass is 396 g/mol. The normalized spacial score (nSPS) is 11.8. The molecule has 0 unspecified atom stereocenters. The predicted molar refractivity (Wildman–Crippen MR) is 113 cm³/mol. The minimum Gasteiger partial charge on any atom is -0.311 e. The molecule has 1 amide bonds. The van der Waals surface area contributed by atoms with Crippen molar-refractivity contribution in [3.63, 3.8) is 0 Å². The minimum atomic E-state index is -3.64. The highest BCUT2D eigenvalue weighted by Gasteiger charge is 2.24. The number of amides is 1. The molecule has 3 aromatic rings. The molecule has 3 aromatic carbocycles. The lowest BCUT2D eigenvalue weighted by Crippen LogP contribution is -2.28. The molecule has 0 N–H and O–H groups in total. The topological polar surface area (TPSA) is 57.7 Å². The molecule has 0 bridgehead atoms. The highest BCUT2D eigenvalue weighted by Crippen LogP contribution is 2.26. The van der Waals surface area contributed by atoms with Crippen LogP contribution in [0.4, 0.5) is 5.69 Å². The Morgan fingerprint density at radius 2 is 1.50 bits per heavy atom. The molecule has 0 aliphatic carbocycles. The highest BCUT2D eigenvalue weighted by atomic mass is 32.2. The van der Waals surface area contributed by atoms with Gasteiger partial charge in [0.2, 0.25) is 10.0 Å². The Kier molecular flexibility index (Phi) is 5.28. The lowest BCUT2D eigenvalue weighted by Gasteiger charge is -2.20. The molecule has 3 rings (SSSR count). The van der Waals surface area contributed by atoms with E-state index in [4.69, 9.17) is 0 Å². The van der Waals surface area contributed by atoms with Gasteiger partial charge in [0.25, 0.3) is 5.91 Å². The van der Waals surface area contributed by atoms with Crippen LogP contribution < -0.4 is 4.90 Å². The van der Waals surface area contributed by atoms with Gasteiger partial charge in [-0.3, -0.25) is 4.79 Å². The van der Waals surface area contributed by atoms with Crippen LogP contribution in [0, 0.1) is 13.8 Å². The Morgan fingerprint density at radius 3 is 2.14 bits per heavy atom. The van der Waals surface area contributed by atoms with Gasteiger partial charge in [-0.25, -0.2) is 12.7 Å². The molecule has 5 nitrogen and oxygen atoms in total. The van der Waals surface area contributed by atoms with Gasteiger partial charge in [-0.05, 0) is 60.0 Å². The number of carbonyl (C=O) groups is 1. The van der Waals surface area contributed by atoms with Crippen molar-refractivity contribution >= 4 is 32.4 Å². The SMILES string of the molecule is Cc1cc(C(=O)N(C)c2ccc3ccccc3c2)cc(S(=O)(=O)N(C)C)c1C. The molecule has 6 heteroatoms. The van der Waals surface area contributed by atoms with Gasteiger partial charge in [-0.2, -0.15) is 0 Å². The molecule has 0 aromatic heterocycles. The third-order valence-corrected chi connectivity index (χ3v) is 6.99. The maximum atomic E-state index is 13.1. The van der Waals surface area contributed by atoms with Gasteiger partial charge in [-0.15, -0.1) is 0 Å². The summed E-state index contributed by atoms with van der Waals surface area (Å²) >= 11 is 0. The Hall–Kier alpha value is -2.70. The molecule has 0 fully saturated rings. The van der Waals surface area contributed by atoms with Crippen molar-refractivity contribution in [1.82, 2.24) is 4.31 Å². The number of benzene rings is 3. The van der Waals surface area contributed by atoms with Crippen LogP contribution in [0.1, 0.15) is 21.5 Å². The number of fused-ring (bicyclic) bond motifs is 1. The average Bonchev–Trinajstić information content (AvgIpc) is 2.68. The van der Waals surface area contributed by atoms with Crippen molar-refractivity contribution in [1.29, 1.82) is 0 Å². The summed E-state index contributed by atoms with van der Waals surface area (Å²) in [6.45, 7) is 3.57. The molecule has 146 valence electrons. The predicted octanol–water partition coefficient (Wildman–Crippen LogP) is 3.98. The third kappa shape index (κ3) is 3.53. The quantitative estimate of drug-likeness (QED) is 0.670. The number of carbonyl (C=O) groups excluding carboxylic acids is 1. The van der Waals surface area contributed by atoms with Crippen molar-refractivity contribution in [2.75, 3.05) is 26.0 Å². The van der Waals surface area contributed by atoms with Crippen LogP contribution in [0.2, 0.25) is 0 Å². The Morgan fingerprint density at radius 1 is 0.857 bits per heavy atom. The highest BCUT2D eigenvalue weighted by molar-refractivity contribution is 7.89. The van der Waals surface area contributed by atoms with Crippen LogP contribution in [-0.2, 0) is 10.0 Å². The van der Waals surface area contributed by atoms with Crippen molar-refractivity contribution < 1.29 is 13.2 Å². The van der Waals surface area contributed by atoms with Crippen LogP contribution in [0.25, 0.3) is 10.8 Å². The van der Waals surface area contributed by atoms with Gasteiger partial charge in [0, 0.05) is 32.4 Å². The largest absolute Gasteiger partial charge is 0.311 e. The van der Waals surface area contributed by atoms with E-state index in [0.717, 1.165) is 26.3 Å². The second kappa shape index (κ2) is 7.37. The number of sulfonamides is 1. The summed E-state index contributed by atoms with van der Waals surface area (Å²) in [6, 6.07) is 17.0. The molecule has 0 aliphatic rings. The summed E-state index contributed by atoms with van der Waals surface area (Å²) in [5, 5.41) is 2.13. The molecule has 0 radical (unpaired) electrons. The number of hydrogen-bond donors (Lipinski definition) is 0. The van der Waals surface area contributed by atoms with E-state index in [9.17, 15) is 13.2 Å². The smallest absolute Gasteiger partial charge is 0.258 e. The van der Waals surface area contributed by atoms with Crippen LogP contribution in [0.3, 0.4) is 0 Å². The minimum absolute atomic E-state index is 0.160. The van der Waals surface area contributed by atoms with Crippen molar-refractivity contribution in [3.8, 4) is 0 Å². The van der Waals surface area contributed by atoms with Gasteiger partial charge in [0.05, 0.1) is 4.90 Å². The van der Waals surface area contributed by atoms with Crippen LogP contribution >= 0.6 is 0 Å². The second-order valence-electron chi connectivity index (χ2n) is 7.10. The lowest BCUT2D eigenvalue weighted by atomic mass is 10.0. The fourth-order valence-electron chi connectivity index (χ4n) is 3.11. The van der Waals surface area contributed by atoms with E-state index in [-0.39, 0.29) is 10.8 Å². The summed E-state index contributed by atoms with van der Waals surface area (Å²) < 4.78 is 26.5. The van der Waals surface area contributed by atoms with E-state index >= 15 is 0 Å². The van der Waals surface area contributed by atoms with E-state index in [1.54, 1.807) is 24.9 Å². The Bertz CT molecular complexity index is 1170. The average molecular weight is 397 g/mol. The van der Waals surface area contributed by atoms with Gasteiger partial charge < -0.3 is 4.90 Å². The first kappa shape index (κ1) is 20.0. The van der Waals surface area contributed by atoms with E-state index in [1.807, 2.05) is 49.4 Å². The number of anilines is 1. The van der Waals surface area contributed by atoms with Gasteiger partial charge in [0.15, 0.2) is 0 Å². The molecule has 0 spiro atoms. The van der Waals surface area contributed by atoms with Gasteiger partial charge in [0.1, 0.15) is 0 Å². The first-order valence-electron chi connectivity index (χ1n) is 8.93. The summed E-state index contributed by atoms with van der Waals surface area (Å²) in [5.74, 6) is -0.256. The molecule has 0 heterocycles. The molecular formula is C22H24N2O3S. The van der Waals surface area contributed by atoms with Gasteiger partial charge in [-0.1, -0.05) is 30.3 Å². The summed E-state index contributed by atoms with van der Waals surface area (Å²) in [4.78, 5) is 14.8. The fourth-order valence-corrected chi connectivity index (χ4v) is 4.33. The maximum Gasteiger partial charge on any atom is 0.258 e. The summed E-state index contributed by atoms with van der Waals surface area (Å²) in [6.07, 6.45) is 0. The van der Waals surface area contributed by atoms with E-state index in [2.05, 4.69) is 0 Å². The summed E-state index contributed by atoms with van der Waals surface area (Å²) in [7, 11) is 1.03. The molecule has 0 saturated carbocycles. The number of nitrogens with zero attached hydrogens (tertiary/aromatic N) is 2. The molecule has 0 aliphatic heterocycles. The summed E-state index contributed by atoms with van der Waals surface area (Å²) in [5.41, 5.74) is 2.51. The number of rotatable bonds is 4. The number of hydrogen-bond acceptors (Lipinski definition) is 3. The number of aryl methyl sites for hydroxylation is 1. The third-order valence-electron chi connectivity index (χ3n) is 5.05. The fraction of sp³-hybridized carbons (Fsp3) is 0.227. The first-order valence-corrected chi connectivity index (χ1v) is 10.4. The van der Waals surface area contributed by atoms with Gasteiger partial charge >= 0.3 is 0 Å². The van der Waals surface area contributed by atoms with E-state index < -0.39 is 10.0 Å². The zero-order chi connectivity index (χ0) is 20.6.